The molecule has 3 aromatic rings. The van der Waals surface area contributed by atoms with Gasteiger partial charge in [0.1, 0.15) is 17.6 Å². The number of methoxy groups -OCH3 is 1. The van der Waals surface area contributed by atoms with E-state index in [1.54, 1.807) is 7.11 Å². The van der Waals surface area contributed by atoms with Gasteiger partial charge in [-0.3, -0.25) is 14.4 Å². The normalized spacial score (nSPS) is 14.4. The molecule has 0 bridgehead atoms. The highest BCUT2D eigenvalue weighted by molar-refractivity contribution is 6.30. The smallest absolute Gasteiger partial charge is 0.407 e. The van der Waals surface area contributed by atoms with Crippen molar-refractivity contribution in [3.8, 4) is 11.4 Å². The minimum atomic E-state index is -0.947. The summed E-state index contributed by atoms with van der Waals surface area (Å²) in [5, 5.41) is 21.8. The van der Waals surface area contributed by atoms with Gasteiger partial charge >= 0.3 is 6.09 Å². The minimum Gasteiger partial charge on any atom is -0.497 e. The van der Waals surface area contributed by atoms with Crippen LogP contribution >= 0.6 is 11.6 Å². The van der Waals surface area contributed by atoms with E-state index in [4.69, 9.17) is 21.3 Å². The van der Waals surface area contributed by atoms with Gasteiger partial charge in [0, 0.05) is 34.8 Å². The molecular formula is C29H35ClN6O4. The van der Waals surface area contributed by atoms with E-state index in [0.29, 0.717) is 54.1 Å². The van der Waals surface area contributed by atoms with Crippen LogP contribution in [0.15, 0.2) is 47.5 Å². The molecule has 1 atom stereocenters. The van der Waals surface area contributed by atoms with Crippen molar-refractivity contribution >= 4 is 29.3 Å². The second-order valence-electron chi connectivity index (χ2n) is 10.7. The zero-order valence-corrected chi connectivity index (χ0v) is 24.2. The maximum atomic E-state index is 13.1. The van der Waals surface area contributed by atoms with Crippen molar-refractivity contribution in [2.75, 3.05) is 20.2 Å². The number of nitrogens with zero attached hydrogens (tertiary/aromatic N) is 5. The van der Waals surface area contributed by atoms with Crippen LogP contribution in [0.4, 0.5) is 4.79 Å². The summed E-state index contributed by atoms with van der Waals surface area (Å²) in [6.07, 6.45) is 0.411. The lowest BCUT2D eigenvalue weighted by Gasteiger charge is -2.33. The highest BCUT2D eigenvalue weighted by Crippen LogP contribution is 2.34. The number of nitrogens with one attached hydrogen (secondary N) is 1. The molecule has 1 aliphatic rings. The van der Waals surface area contributed by atoms with Crippen molar-refractivity contribution in [2.24, 2.45) is 4.99 Å². The van der Waals surface area contributed by atoms with Gasteiger partial charge in [0.25, 0.3) is 0 Å². The Bertz CT molecular complexity index is 1410. The van der Waals surface area contributed by atoms with Gasteiger partial charge in [0.15, 0.2) is 5.82 Å². The number of fused-ring (bicyclic) bond motifs is 3. The Balaban J connectivity index is 1.56. The maximum absolute atomic E-state index is 13.1. The van der Waals surface area contributed by atoms with E-state index in [1.165, 1.54) is 4.90 Å². The zero-order chi connectivity index (χ0) is 29.0. The van der Waals surface area contributed by atoms with Crippen LogP contribution in [0.5, 0.6) is 5.75 Å². The van der Waals surface area contributed by atoms with Crippen molar-refractivity contribution in [1.29, 1.82) is 0 Å². The molecule has 2 N–H and O–H groups in total. The van der Waals surface area contributed by atoms with Crippen molar-refractivity contribution in [3.05, 3.63) is 70.3 Å². The van der Waals surface area contributed by atoms with Crippen molar-refractivity contribution in [1.82, 2.24) is 25.0 Å². The van der Waals surface area contributed by atoms with Gasteiger partial charge in [0.2, 0.25) is 5.91 Å². The summed E-state index contributed by atoms with van der Waals surface area (Å²) < 4.78 is 7.45. The lowest BCUT2D eigenvalue weighted by atomic mass is 10.00. The number of aryl methyl sites for hydroxylation is 1. The van der Waals surface area contributed by atoms with Crippen LogP contribution in [-0.4, -0.2) is 68.2 Å². The van der Waals surface area contributed by atoms with E-state index >= 15 is 0 Å². The molecule has 2 heterocycles. The summed E-state index contributed by atoms with van der Waals surface area (Å²) in [4.78, 5) is 31.1. The first kappa shape index (κ1) is 29.1. The van der Waals surface area contributed by atoms with Gasteiger partial charge in [-0.15, -0.1) is 10.2 Å². The fourth-order valence-corrected chi connectivity index (χ4v) is 4.89. The Morgan fingerprint density at radius 1 is 1.12 bits per heavy atom. The first-order valence-electron chi connectivity index (χ1n) is 13.2. The maximum Gasteiger partial charge on any atom is 0.407 e. The predicted molar refractivity (Wildman–Crippen MR) is 154 cm³/mol. The van der Waals surface area contributed by atoms with E-state index in [-0.39, 0.29) is 12.3 Å². The summed E-state index contributed by atoms with van der Waals surface area (Å²) in [5.41, 5.74) is 2.74. The lowest BCUT2D eigenvalue weighted by molar-refractivity contribution is -0.121. The monoisotopic (exact) mass is 566 g/mol. The van der Waals surface area contributed by atoms with Gasteiger partial charge in [-0.1, -0.05) is 23.7 Å². The molecule has 1 aromatic heterocycles. The van der Waals surface area contributed by atoms with E-state index < -0.39 is 17.7 Å². The first-order valence-corrected chi connectivity index (χ1v) is 13.6. The molecule has 0 unspecified atom stereocenters. The predicted octanol–water partition coefficient (Wildman–Crippen LogP) is 5.19. The van der Waals surface area contributed by atoms with E-state index in [0.717, 1.165) is 16.8 Å². The Labute approximate surface area is 239 Å². The minimum absolute atomic E-state index is 0.0730. The third-order valence-electron chi connectivity index (χ3n) is 6.80. The van der Waals surface area contributed by atoms with E-state index in [9.17, 15) is 14.7 Å². The number of carbonyl (C=O) groups is 2. The fourth-order valence-electron chi connectivity index (χ4n) is 4.77. The van der Waals surface area contributed by atoms with Gasteiger partial charge in [-0.05, 0) is 70.9 Å². The largest absolute Gasteiger partial charge is 0.497 e. The molecule has 1 aliphatic heterocycles. The van der Waals surface area contributed by atoms with E-state index in [2.05, 4.69) is 15.5 Å². The molecule has 212 valence electrons. The number of benzene rings is 2. The first-order chi connectivity index (χ1) is 19.0. The van der Waals surface area contributed by atoms with Crippen LogP contribution in [-0.2, 0) is 4.79 Å². The average Bonchev–Trinajstić information content (AvgIpc) is 3.22. The van der Waals surface area contributed by atoms with Gasteiger partial charge in [-0.25, -0.2) is 4.79 Å². The van der Waals surface area contributed by atoms with E-state index in [1.807, 2.05) is 74.7 Å². The number of halogens is 1. The van der Waals surface area contributed by atoms with Crippen LogP contribution in [0.1, 0.15) is 68.9 Å². The number of aromatic nitrogens is 3. The van der Waals surface area contributed by atoms with Crippen LogP contribution in [0.2, 0.25) is 5.02 Å². The summed E-state index contributed by atoms with van der Waals surface area (Å²) in [5.74, 6) is 1.76. The molecule has 0 saturated carbocycles. The van der Waals surface area contributed by atoms with Crippen LogP contribution in [0, 0.1) is 6.92 Å². The fraction of sp³-hybridized carbons (Fsp3) is 0.414. The standard InChI is InChI=1S/C29H35ClN6O4/c1-18-33-34-27-23(17-25(37)31-14-6-7-15-35(28(38)39)29(2,3)4)32-26(19-8-10-20(30)11-9-19)22-16-21(40-5)12-13-24(22)36(18)27/h8-13,16,23H,6-7,14-15,17H2,1-5H3,(H,31,37)(H,38,39)/t23-/m0/s1. The van der Waals surface area contributed by atoms with Crippen molar-refractivity contribution in [2.45, 2.75) is 58.5 Å². The summed E-state index contributed by atoms with van der Waals surface area (Å²) >= 11 is 6.16. The molecule has 2 amide bonds. The molecule has 0 fully saturated rings. The number of aliphatic imine (C=N–C) groups is 1. The Morgan fingerprint density at radius 3 is 2.50 bits per heavy atom. The quantitative estimate of drug-likeness (QED) is 0.343. The van der Waals surface area contributed by atoms with Crippen molar-refractivity contribution < 1.29 is 19.4 Å². The summed E-state index contributed by atoms with van der Waals surface area (Å²) in [6, 6.07) is 12.6. The van der Waals surface area contributed by atoms with Crippen LogP contribution in [0.3, 0.4) is 0 Å². The van der Waals surface area contributed by atoms with Crippen LogP contribution in [0.25, 0.3) is 5.69 Å². The molecule has 0 saturated heterocycles. The number of carbonyl (C=O) groups excluding carboxylic acids is 1. The summed E-state index contributed by atoms with van der Waals surface area (Å²) in [7, 11) is 1.61. The SMILES string of the molecule is COc1ccc2c(c1)C(c1ccc(Cl)cc1)=N[C@@H](CC(=O)NCCCCN(C(=O)O)C(C)(C)C)c1nnc(C)n1-2. The number of hydrogen-bond acceptors (Lipinski definition) is 6. The third kappa shape index (κ3) is 6.44. The molecule has 10 nitrogen and oxygen atoms in total. The topological polar surface area (TPSA) is 122 Å². The zero-order valence-electron chi connectivity index (χ0n) is 23.4. The molecule has 4 rings (SSSR count). The van der Waals surface area contributed by atoms with Gasteiger partial charge in [0.05, 0.1) is 24.9 Å². The second-order valence-corrected chi connectivity index (χ2v) is 11.1. The van der Waals surface area contributed by atoms with Crippen LogP contribution < -0.4 is 10.1 Å². The number of amides is 2. The molecule has 0 spiro atoms. The van der Waals surface area contributed by atoms with Gasteiger partial charge < -0.3 is 20.1 Å². The second kappa shape index (κ2) is 12.1. The molecule has 40 heavy (non-hydrogen) atoms. The lowest BCUT2D eigenvalue weighted by Crippen LogP contribution is -2.45. The number of hydrogen-bond donors (Lipinski definition) is 2. The van der Waals surface area contributed by atoms with Gasteiger partial charge in [-0.2, -0.15) is 0 Å². The Hall–Kier alpha value is -3.92. The summed E-state index contributed by atoms with van der Waals surface area (Å²) in [6.45, 7) is 8.29. The number of carboxylic acid groups (broad SMARTS) is 1. The number of unbranched alkanes of at least 4 members (excludes halogenated alkanes) is 1. The highest BCUT2D eigenvalue weighted by Gasteiger charge is 2.30. The molecule has 0 aliphatic carbocycles. The average molecular weight is 567 g/mol. The Kier molecular flexibility index (Phi) is 8.78. The molecule has 0 radical (unpaired) electrons. The molecule has 2 aromatic carbocycles. The Morgan fingerprint density at radius 2 is 1.85 bits per heavy atom. The third-order valence-corrected chi connectivity index (χ3v) is 7.05. The number of ether oxygens (including phenoxy) is 1. The molecular weight excluding hydrogens is 532 g/mol. The number of rotatable bonds is 9. The van der Waals surface area contributed by atoms with Crippen molar-refractivity contribution in [3.63, 3.8) is 0 Å². The molecule has 11 heteroatoms. The highest BCUT2D eigenvalue weighted by atomic mass is 35.5.